The summed E-state index contributed by atoms with van der Waals surface area (Å²) in [5.74, 6) is -0.452. The van der Waals surface area contributed by atoms with Crippen LogP contribution in [0.2, 0.25) is 0 Å². The molecule has 0 aromatic carbocycles. The molecule has 64 valence electrons. The number of ketones is 1. The summed E-state index contributed by atoms with van der Waals surface area (Å²) < 4.78 is 0. The molecule has 1 N–H and O–H groups in total. The van der Waals surface area contributed by atoms with Crippen molar-refractivity contribution in [1.29, 1.82) is 0 Å². The lowest BCUT2D eigenvalue weighted by atomic mass is 9.66. The van der Waals surface area contributed by atoms with Crippen molar-refractivity contribution in [2.75, 3.05) is 0 Å². The molecule has 0 bridgehead atoms. The van der Waals surface area contributed by atoms with E-state index in [0.29, 0.717) is 6.42 Å². The fraction of sp³-hybridized carbons (Fsp3) is 0.444. The molecule has 0 aromatic rings. The normalized spacial score (nSPS) is 45.0. The van der Waals surface area contributed by atoms with E-state index in [4.69, 9.17) is 11.6 Å². The fourth-order valence-electron chi connectivity index (χ4n) is 1.72. The molecule has 0 saturated heterocycles. The van der Waals surface area contributed by atoms with Crippen LogP contribution >= 0.6 is 11.6 Å². The summed E-state index contributed by atoms with van der Waals surface area (Å²) in [6.07, 6.45) is 7.62. The van der Waals surface area contributed by atoms with Crippen LogP contribution < -0.4 is 0 Å². The Balaban J connectivity index is 2.33. The van der Waals surface area contributed by atoms with Crippen LogP contribution in [0.15, 0.2) is 24.3 Å². The predicted molar refractivity (Wildman–Crippen MR) is 46.0 cm³/mol. The number of halogens is 1. The molecule has 1 fully saturated rings. The molecule has 0 radical (unpaired) electrons. The quantitative estimate of drug-likeness (QED) is 0.572. The van der Waals surface area contributed by atoms with Crippen molar-refractivity contribution in [1.82, 2.24) is 0 Å². The van der Waals surface area contributed by atoms with Gasteiger partial charge in [-0.15, -0.1) is 11.6 Å². The zero-order valence-electron chi connectivity index (χ0n) is 6.40. The summed E-state index contributed by atoms with van der Waals surface area (Å²) in [5.41, 5.74) is -1.21. The van der Waals surface area contributed by atoms with Crippen LogP contribution in [0.25, 0.3) is 0 Å². The number of aliphatic hydroxyl groups is 1. The van der Waals surface area contributed by atoms with Gasteiger partial charge in [-0.25, -0.2) is 0 Å². The molecule has 3 atom stereocenters. The molecule has 2 aliphatic carbocycles. The SMILES string of the molecule is O=C1C(Cl)C2C=CC=CCC12O. The summed E-state index contributed by atoms with van der Waals surface area (Å²) in [5, 5.41) is 9.28. The first-order valence-corrected chi connectivity index (χ1v) is 4.34. The van der Waals surface area contributed by atoms with Crippen LogP contribution in [0, 0.1) is 5.92 Å². The van der Waals surface area contributed by atoms with Gasteiger partial charge in [0.05, 0.1) is 0 Å². The van der Waals surface area contributed by atoms with Gasteiger partial charge in [0.2, 0.25) is 0 Å². The lowest BCUT2D eigenvalue weighted by Gasteiger charge is -2.44. The first-order valence-electron chi connectivity index (χ1n) is 3.90. The average molecular weight is 185 g/mol. The maximum atomic E-state index is 11.2. The topological polar surface area (TPSA) is 37.3 Å². The minimum atomic E-state index is -1.21. The minimum Gasteiger partial charge on any atom is -0.381 e. The highest BCUT2D eigenvalue weighted by molar-refractivity contribution is 6.36. The lowest BCUT2D eigenvalue weighted by Crippen LogP contribution is -2.63. The third-order valence-corrected chi connectivity index (χ3v) is 3.01. The number of carbonyl (C=O) groups is 1. The zero-order chi connectivity index (χ0) is 8.77. The third-order valence-electron chi connectivity index (χ3n) is 2.54. The summed E-state index contributed by atoms with van der Waals surface area (Å²) in [4.78, 5) is 11.2. The minimum absolute atomic E-state index is 0.207. The zero-order valence-corrected chi connectivity index (χ0v) is 7.16. The Hall–Kier alpha value is -0.600. The number of fused-ring (bicyclic) bond motifs is 1. The van der Waals surface area contributed by atoms with Crippen LogP contribution in [0.3, 0.4) is 0 Å². The standard InChI is InChI=1S/C9H9ClO2/c10-7-6-4-2-1-3-5-9(6,12)8(7)11/h1-4,6-7,12H,5H2. The van der Waals surface area contributed by atoms with Gasteiger partial charge < -0.3 is 5.11 Å². The second-order valence-corrected chi connectivity index (χ2v) is 3.70. The van der Waals surface area contributed by atoms with E-state index in [2.05, 4.69) is 0 Å². The summed E-state index contributed by atoms with van der Waals surface area (Å²) >= 11 is 5.75. The van der Waals surface area contributed by atoms with Crippen molar-refractivity contribution in [2.45, 2.75) is 17.4 Å². The van der Waals surface area contributed by atoms with Gasteiger partial charge in [0.25, 0.3) is 0 Å². The van der Waals surface area contributed by atoms with E-state index in [1.807, 2.05) is 12.2 Å². The molecule has 3 heteroatoms. The first-order chi connectivity index (χ1) is 5.66. The van der Waals surface area contributed by atoms with Gasteiger partial charge in [0, 0.05) is 12.3 Å². The van der Waals surface area contributed by atoms with Gasteiger partial charge in [-0.1, -0.05) is 24.3 Å². The molecule has 0 heterocycles. The highest BCUT2D eigenvalue weighted by Crippen LogP contribution is 2.43. The second-order valence-electron chi connectivity index (χ2n) is 3.23. The number of rotatable bonds is 0. The number of alkyl halides is 1. The van der Waals surface area contributed by atoms with Gasteiger partial charge >= 0.3 is 0 Å². The van der Waals surface area contributed by atoms with Crippen LogP contribution in [-0.2, 0) is 4.79 Å². The monoisotopic (exact) mass is 184 g/mol. The number of Topliss-reactive ketones (excluding diaryl/α,β-unsaturated/α-hetero) is 1. The Morgan fingerprint density at radius 1 is 1.58 bits per heavy atom. The van der Waals surface area contributed by atoms with Crippen molar-refractivity contribution in [2.24, 2.45) is 5.92 Å². The Labute approximate surface area is 75.5 Å². The highest BCUT2D eigenvalue weighted by Gasteiger charge is 2.58. The van der Waals surface area contributed by atoms with Crippen LogP contribution in [0.5, 0.6) is 0 Å². The van der Waals surface area contributed by atoms with E-state index in [0.717, 1.165) is 0 Å². The molecule has 3 unspecified atom stereocenters. The van der Waals surface area contributed by atoms with Gasteiger partial charge in [-0.05, 0) is 0 Å². The highest BCUT2D eigenvalue weighted by atomic mass is 35.5. The summed E-state index contributed by atoms with van der Waals surface area (Å²) in [7, 11) is 0. The molecular formula is C9H9ClO2. The van der Waals surface area contributed by atoms with E-state index >= 15 is 0 Å². The number of hydrogen-bond donors (Lipinski definition) is 1. The molecule has 2 nitrogen and oxygen atoms in total. The largest absolute Gasteiger partial charge is 0.381 e. The molecule has 2 rings (SSSR count). The summed E-state index contributed by atoms with van der Waals surface area (Å²) in [6, 6.07) is 0. The smallest absolute Gasteiger partial charge is 0.183 e. The number of carbonyl (C=O) groups excluding carboxylic acids is 1. The number of allylic oxidation sites excluding steroid dienone is 2. The maximum Gasteiger partial charge on any atom is 0.183 e. The van der Waals surface area contributed by atoms with E-state index in [9.17, 15) is 9.90 Å². The maximum absolute atomic E-state index is 11.2. The Morgan fingerprint density at radius 2 is 2.33 bits per heavy atom. The van der Waals surface area contributed by atoms with Crippen LogP contribution in [-0.4, -0.2) is 21.9 Å². The van der Waals surface area contributed by atoms with E-state index in [1.165, 1.54) is 0 Å². The van der Waals surface area contributed by atoms with Gasteiger partial charge in [-0.2, -0.15) is 0 Å². The van der Waals surface area contributed by atoms with Crippen molar-refractivity contribution >= 4 is 17.4 Å². The molecular weight excluding hydrogens is 176 g/mol. The fourth-order valence-corrected chi connectivity index (χ4v) is 2.20. The van der Waals surface area contributed by atoms with E-state index in [1.54, 1.807) is 12.2 Å². The van der Waals surface area contributed by atoms with Gasteiger partial charge in [-0.3, -0.25) is 4.79 Å². The molecule has 2 aliphatic rings. The van der Waals surface area contributed by atoms with Gasteiger partial charge in [0.15, 0.2) is 5.78 Å². The lowest BCUT2D eigenvalue weighted by molar-refractivity contribution is -0.156. The molecule has 0 aliphatic heterocycles. The Morgan fingerprint density at radius 3 is 3.08 bits per heavy atom. The Kier molecular flexibility index (Phi) is 1.63. The Bertz CT molecular complexity index is 282. The van der Waals surface area contributed by atoms with Gasteiger partial charge in [0.1, 0.15) is 11.0 Å². The second kappa shape index (κ2) is 2.44. The number of hydrogen-bond acceptors (Lipinski definition) is 2. The molecule has 12 heavy (non-hydrogen) atoms. The predicted octanol–water partition coefficient (Wildman–Crippen LogP) is 1.04. The van der Waals surface area contributed by atoms with Crippen molar-refractivity contribution in [3.8, 4) is 0 Å². The van der Waals surface area contributed by atoms with Crippen LogP contribution in [0.1, 0.15) is 6.42 Å². The molecule has 0 amide bonds. The third kappa shape index (κ3) is 0.822. The summed E-state index contributed by atoms with van der Waals surface area (Å²) in [6.45, 7) is 0. The molecule has 0 aromatic heterocycles. The first kappa shape index (κ1) is 8.02. The molecule has 0 spiro atoms. The van der Waals surface area contributed by atoms with Crippen LogP contribution in [0.4, 0.5) is 0 Å². The average Bonchev–Trinajstić information content (AvgIpc) is 2.25. The van der Waals surface area contributed by atoms with Crippen molar-refractivity contribution in [3.63, 3.8) is 0 Å². The van der Waals surface area contributed by atoms with Crippen molar-refractivity contribution in [3.05, 3.63) is 24.3 Å². The van der Waals surface area contributed by atoms with E-state index in [-0.39, 0.29) is 11.7 Å². The molecule has 1 saturated carbocycles. The van der Waals surface area contributed by atoms with Crippen molar-refractivity contribution < 1.29 is 9.90 Å². The van der Waals surface area contributed by atoms with E-state index < -0.39 is 11.0 Å².